The molecule has 0 fully saturated rings. The second kappa shape index (κ2) is 8.67. The molecule has 146 valence electrons. The quantitative estimate of drug-likeness (QED) is 0.527. The fourth-order valence-corrected chi connectivity index (χ4v) is 3.93. The van der Waals surface area contributed by atoms with Crippen molar-refractivity contribution in [2.45, 2.75) is 20.0 Å². The minimum Gasteiger partial charge on any atom is -0.494 e. The third-order valence-electron chi connectivity index (χ3n) is 4.48. The Morgan fingerprint density at radius 3 is 2.61 bits per heavy atom. The molecule has 1 amide bonds. The van der Waals surface area contributed by atoms with Gasteiger partial charge in [0, 0.05) is 19.0 Å². The number of nitrogens with zero attached hydrogens (tertiary/aromatic N) is 2. The van der Waals surface area contributed by atoms with E-state index < -0.39 is 5.82 Å². The molecule has 0 aliphatic carbocycles. The van der Waals surface area contributed by atoms with Crippen molar-refractivity contribution >= 4 is 29.5 Å². The number of carbonyl (C=O) groups excluding carboxylic acids is 1. The van der Waals surface area contributed by atoms with Gasteiger partial charge in [0.15, 0.2) is 15.5 Å². The van der Waals surface area contributed by atoms with Crippen LogP contribution in [0.4, 0.5) is 4.39 Å². The summed E-state index contributed by atoms with van der Waals surface area (Å²) in [5.74, 6) is -0.355. The molecule has 4 nitrogen and oxygen atoms in total. The van der Waals surface area contributed by atoms with Gasteiger partial charge in [-0.2, -0.15) is 0 Å². The van der Waals surface area contributed by atoms with E-state index in [0.29, 0.717) is 16.1 Å². The van der Waals surface area contributed by atoms with Crippen LogP contribution in [0, 0.1) is 16.7 Å². The van der Waals surface area contributed by atoms with Gasteiger partial charge in [0.05, 0.1) is 12.8 Å². The smallest absolute Gasteiger partial charge is 0.242 e. The zero-order valence-corrected chi connectivity index (χ0v) is 17.6. The van der Waals surface area contributed by atoms with Crippen molar-refractivity contribution in [3.05, 3.63) is 68.7 Å². The number of methoxy groups -OCH3 is 1. The van der Waals surface area contributed by atoms with E-state index in [9.17, 15) is 9.18 Å². The number of likely N-dealkylation sites (N-methyl/N-ethyl adjacent to an activating group) is 1. The molecular formula is C21H21FN2O2S2. The molecule has 0 bridgehead atoms. The summed E-state index contributed by atoms with van der Waals surface area (Å²) < 4.78 is 21.3. The molecular weight excluding hydrogens is 395 g/mol. The maximum Gasteiger partial charge on any atom is 0.242 e. The summed E-state index contributed by atoms with van der Waals surface area (Å²) in [5.41, 5.74) is 3.81. The van der Waals surface area contributed by atoms with Crippen LogP contribution in [0.25, 0.3) is 11.3 Å². The second-order valence-corrected chi connectivity index (χ2v) is 8.06. The van der Waals surface area contributed by atoms with Crippen LogP contribution in [-0.4, -0.2) is 29.5 Å². The van der Waals surface area contributed by atoms with E-state index in [1.807, 2.05) is 41.1 Å². The van der Waals surface area contributed by atoms with Gasteiger partial charge in [0.2, 0.25) is 5.91 Å². The van der Waals surface area contributed by atoms with Crippen molar-refractivity contribution in [2.24, 2.45) is 0 Å². The molecule has 2 aromatic carbocycles. The Bertz CT molecular complexity index is 1040. The standard InChI is InChI=1S/C21H21FN2O2S2/c1-14-4-7-16(8-5-14)18-13-28-21(27)24(18)12-20(25)23(2)11-15-6-9-19(26-3)17(22)10-15/h4-10,13H,11-12H2,1-3H3. The van der Waals surface area contributed by atoms with E-state index in [4.69, 9.17) is 17.0 Å². The molecule has 0 radical (unpaired) electrons. The number of rotatable bonds is 6. The first kappa shape index (κ1) is 20.2. The first-order valence-corrected chi connectivity index (χ1v) is 9.99. The number of aromatic nitrogens is 1. The van der Waals surface area contributed by atoms with E-state index in [1.54, 1.807) is 24.1 Å². The molecule has 0 saturated heterocycles. The summed E-state index contributed by atoms with van der Waals surface area (Å²) in [6.07, 6.45) is 0. The van der Waals surface area contributed by atoms with E-state index in [0.717, 1.165) is 11.3 Å². The third kappa shape index (κ3) is 4.48. The van der Waals surface area contributed by atoms with Gasteiger partial charge in [-0.1, -0.05) is 35.9 Å². The van der Waals surface area contributed by atoms with E-state index in [-0.39, 0.29) is 18.2 Å². The maximum atomic E-state index is 13.9. The van der Waals surface area contributed by atoms with Crippen molar-refractivity contribution in [1.82, 2.24) is 9.47 Å². The van der Waals surface area contributed by atoms with Crippen LogP contribution >= 0.6 is 23.6 Å². The van der Waals surface area contributed by atoms with E-state index in [1.165, 1.54) is 30.1 Å². The van der Waals surface area contributed by atoms with Crippen molar-refractivity contribution in [3.63, 3.8) is 0 Å². The molecule has 7 heteroatoms. The van der Waals surface area contributed by atoms with Crippen LogP contribution in [0.3, 0.4) is 0 Å². The lowest BCUT2D eigenvalue weighted by Gasteiger charge is -2.19. The maximum absolute atomic E-state index is 13.9. The summed E-state index contributed by atoms with van der Waals surface area (Å²) in [7, 11) is 3.12. The molecule has 3 rings (SSSR count). The molecule has 0 unspecified atom stereocenters. The van der Waals surface area contributed by atoms with Crippen molar-refractivity contribution in [1.29, 1.82) is 0 Å². The molecule has 0 aliphatic heterocycles. The molecule has 1 heterocycles. The number of hydrogen-bond donors (Lipinski definition) is 0. The number of halogens is 1. The van der Waals surface area contributed by atoms with Gasteiger partial charge in [-0.25, -0.2) is 4.39 Å². The van der Waals surface area contributed by atoms with Gasteiger partial charge in [-0.05, 0) is 42.4 Å². The molecule has 0 atom stereocenters. The SMILES string of the molecule is COc1ccc(CN(C)C(=O)Cn2c(-c3ccc(C)cc3)csc2=S)cc1F. The number of hydrogen-bond acceptors (Lipinski definition) is 4. The summed E-state index contributed by atoms with van der Waals surface area (Å²) in [5, 5.41) is 1.97. The van der Waals surface area contributed by atoms with Crippen LogP contribution in [0.15, 0.2) is 47.8 Å². The van der Waals surface area contributed by atoms with Gasteiger partial charge in [-0.15, -0.1) is 11.3 Å². The Balaban J connectivity index is 1.76. The molecule has 3 aromatic rings. The minimum absolute atomic E-state index is 0.0981. The Morgan fingerprint density at radius 1 is 1.25 bits per heavy atom. The molecule has 0 saturated carbocycles. The van der Waals surface area contributed by atoms with Crippen LogP contribution in [0.1, 0.15) is 11.1 Å². The molecule has 0 N–H and O–H groups in total. The topological polar surface area (TPSA) is 34.5 Å². The van der Waals surface area contributed by atoms with Crippen molar-refractivity contribution in [3.8, 4) is 17.0 Å². The number of carbonyl (C=O) groups is 1. The highest BCUT2D eigenvalue weighted by atomic mass is 32.1. The molecule has 1 aromatic heterocycles. The summed E-state index contributed by atoms with van der Waals surface area (Å²) in [4.78, 5) is 14.3. The van der Waals surface area contributed by atoms with E-state index >= 15 is 0 Å². The van der Waals surface area contributed by atoms with Gasteiger partial charge in [0.25, 0.3) is 0 Å². The predicted molar refractivity (Wildman–Crippen MR) is 113 cm³/mol. The largest absolute Gasteiger partial charge is 0.494 e. The monoisotopic (exact) mass is 416 g/mol. The third-order valence-corrected chi connectivity index (χ3v) is 5.76. The predicted octanol–water partition coefficient (Wildman–Crippen LogP) is 5.06. The zero-order valence-electron chi connectivity index (χ0n) is 15.9. The minimum atomic E-state index is -0.442. The molecule has 0 spiro atoms. The average molecular weight is 417 g/mol. The summed E-state index contributed by atoms with van der Waals surface area (Å²) >= 11 is 6.86. The highest BCUT2D eigenvalue weighted by molar-refractivity contribution is 7.73. The molecule has 28 heavy (non-hydrogen) atoms. The van der Waals surface area contributed by atoms with Gasteiger partial charge >= 0.3 is 0 Å². The Labute approximate surface area is 172 Å². The Hall–Kier alpha value is -2.51. The lowest BCUT2D eigenvalue weighted by Crippen LogP contribution is -2.30. The number of ether oxygens (including phenoxy) is 1. The highest BCUT2D eigenvalue weighted by Gasteiger charge is 2.15. The lowest BCUT2D eigenvalue weighted by atomic mass is 10.1. The van der Waals surface area contributed by atoms with Gasteiger partial charge < -0.3 is 14.2 Å². The number of thiazole rings is 1. The summed E-state index contributed by atoms with van der Waals surface area (Å²) in [6.45, 7) is 2.47. The number of amides is 1. The fraction of sp³-hybridized carbons (Fsp3) is 0.238. The zero-order chi connectivity index (χ0) is 20.3. The van der Waals surface area contributed by atoms with Gasteiger partial charge in [-0.3, -0.25) is 4.79 Å². The first-order valence-electron chi connectivity index (χ1n) is 8.71. The first-order chi connectivity index (χ1) is 13.4. The van der Waals surface area contributed by atoms with Crippen LogP contribution in [0.2, 0.25) is 0 Å². The average Bonchev–Trinajstić information content (AvgIpc) is 3.03. The van der Waals surface area contributed by atoms with E-state index in [2.05, 4.69) is 0 Å². The van der Waals surface area contributed by atoms with Crippen LogP contribution < -0.4 is 4.74 Å². The van der Waals surface area contributed by atoms with Gasteiger partial charge in [0.1, 0.15) is 6.54 Å². The fourth-order valence-electron chi connectivity index (χ4n) is 2.86. The lowest BCUT2D eigenvalue weighted by molar-refractivity contribution is -0.131. The number of benzene rings is 2. The molecule has 0 aliphatic rings. The number of aryl methyl sites for hydroxylation is 1. The van der Waals surface area contributed by atoms with Crippen LogP contribution in [0.5, 0.6) is 5.75 Å². The van der Waals surface area contributed by atoms with Crippen molar-refractivity contribution < 1.29 is 13.9 Å². The summed E-state index contributed by atoms with van der Waals surface area (Å²) in [6, 6.07) is 12.8. The van der Waals surface area contributed by atoms with Crippen molar-refractivity contribution in [2.75, 3.05) is 14.2 Å². The highest BCUT2D eigenvalue weighted by Crippen LogP contribution is 2.25. The van der Waals surface area contributed by atoms with Crippen LogP contribution in [-0.2, 0) is 17.9 Å². The Morgan fingerprint density at radius 2 is 1.96 bits per heavy atom. The second-order valence-electron chi connectivity index (χ2n) is 6.56. The Kier molecular flexibility index (Phi) is 6.26. The normalized spacial score (nSPS) is 10.7.